The van der Waals surface area contributed by atoms with Crippen molar-refractivity contribution < 1.29 is 17.6 Å². The zero-order valence-corrected chi connectivity index (χ0v) is 16.2. The van der Waals surface area contributed by atoms with Gasteiger partial charge in [0, 0.05) is 29.1 Å². The summed E-state index contributed by atoms with van der Waals surface area (Å²) in [6.45, 7) is 3.30. The first-order valence-corrected chi connectivity index (χ1v) is 10.6. The van der Waals surface area contributed by atoms with Gasteiger partial charge in [-0.1, -0.05) is 0 Å². The monoisotopic (exact) mass is 392 g/mol. The second-order valence-corrected chi connectivity index (χ2v) is 9.52. The Balaban J connectivity index is 1.58. The number of amides is 1. The second-order valence-electron chi connectivity index (χ2n) is 7.26. The number of carbonyl (C=O) groups is 1. The lowest BCUT2D eigenvalue weighted by Crippen LogP contribution is -2.42. The lowest BCUT2D eigenvalue weighted by Gasteiger charge is -2.28. The minimum Gasteiger partial charge on any atom is -0.423 e. The van der Waals surface area contributed by atoms with Crippen molar-refractivity contribution in [1.82, 2.24) is 4.72 Å². The molecule has 0 spiro atoms. The maximum Gasteiger partial charge on any atom is 0.336 e. The number of rotatable bonds is 5. The van der Waals surface area contributed by atoms with Crippen molar-refractivity contribution >= 4 is 32.6 Å². The molecule has 0 aliphatic heterocycles. The largest absolute Gasteiger partial charge is 0.423 e. The van der Waals surface area contributed by atoms with Crippen LogP contribution >= 0.6 is 0 Å². The number of sulfonamides is 1. The highest BCUT2D eigenvalue weighted by Crippen LogP contribution is 2.27. The van der Waals surface area contributed by atoms with Crippen LogP contribution in [0.3, 0.4) is 0 Å². The van der Waals surface area contributed by atoms with Crippen molar-refractivity contribution in [2.75, 3.05) is 5.32 Å². The molecule has 1 aromatic heterocycles. The molecule has 1 saturated carbocycles. The standard InChI is InChI=1S/C19H24N2O5S/c1-12(2)27(24,25)21-15-6-3-13(4-7-15)19(23)20-16-8-9-17-14(11-16)5-10-18(22)26-17/h5,8-13,15,21H,3-4,6-7H2,1-2H3,(H,20,23)/t13-,15-. The van der Waals surface area contributed by atoms with Gasteiger partial charge in [0.2, 0.25) is 15.9 Å². The molecule has 1 amide bonds. The lowest BCUT2D eigenvalue weighted by molar-refractivity contribution is -0.120. The molecule has 1 fully saturated rings. The predicted octanol–water partition coefficient (Wildman–Crippen LogP) is 2.62. The second kappa shape index (κ2) is 7.82. The van der Waals surface area contributed by atoms with Gasteiger partial charge in [0.15, 0.2) is 0 Å². The van der Waals surface area contributed by atoms with Crippen molar-refractivity contribution in [3.63, 3.8) is 0 Å². The van der Waals surface area contributed by atoms with Crippen LogP contribution in [0.2, 0.25) is 0 Å². The molecule has 0 radical (unpaired) electrons. The summed E-state index contributed by atoms with van der Waals surface area (Å²) in [6, 6.07) is 8.01. The Bertz CT molecular complexity index is 989. The van der Waals surface area contributed by atoms with Gasteiger partial charge < -0.3 is 9.73 Å². The Morgan fingerprint density at radius 2 is 1.81 bits per heavy atom. The molecule has 1 heterocycles. The van der Waals surface area contributed by atoms with Crippen LogP contribution in [0.25, 0.3) is 11.0 Å². The quantitative estimate of drug-likeness (QED) is 0.761. The molecule has 8 heteroatoms. The van der Waals surface area contributed by atoms with Crippen LogP contribution in [-0.2, 0) is 14.8 Å². The molecule has 2 aromatic rings. The Labute approximate surface area is 158 Å². The van der Waals surface area contributed by atoms with Crippen LogP contribution in [0.5, 0.6) is 0 Å². The highest BCUT2D eigenvalue weighted by atomic mass is 32.2. The van der Waals surface area contributed by atoms with Gasteiger partial charge in [0.05, 0.1) is 5.25 Å². The maximum absolute atomic E-state index is 12.5. The first-order valence-electron chi connectivity index (χ1n) is 9.10. The number of benzene rings is 1. The van der Waals surface area contributed by atoms with E-state index in [0.29, 0.717) is 37.0 Å². The molecular formula is C19H24N2O5S. The number of nitrogens with one attached hydrogen (secondary N) is 2. The summed E-state index contributed by atoms with van der Waals surface area (Å²) in [5, 5.41) is 3.18. The number of hydrogen-bond donors (Lipinski definition) is 2. The molecule has 146 valence electrons. The smallest absolute Gasteiger partial charge is 0.336 e. The molecule has 27 heavy (non-hydrogen) atoms. The van der Waals surface area contributed by atoms with E-state index in [0.717, 1.165) is 5.39 Å². The Morgan fingerprint density at radius 3 is 2.48 bits per heavy atom. The fourth-order valence-electron chi connectivity index (χ4n) is 3.24. The molecule has 3 rings (SSSR count). The van der Waals surface area contributed by atoms with Gasteiger partial charge in [-0.3, -0.25) is 4.79 Å². The lowest BCUT2D eigenvalue weighted by atomic mass is 9.86. The van der Waals surface area contributed by atoms with Gasteiger partial charge in [-0.25, -0.2) is 17.9 Å². The van der Waals surface area contributed by atoms with E-state index >= 15 is 0 Å². The van der Waals surface area contributed by atoms with Crippen LogP contribution in [0.1, 0.15) is 39.5 Å². The van der Waals surface area contributed by atoms with Crippen molar-refractivity contribution in [2.45, 2.75) is 50.8 Å². The average molecular weight is 392 g/mol. The fourth-order valence-corrected chi connectivity index (χ4v) is 4.21. The van der Waals surface area contributed by atoms with Gasteiger partial charge >= 0.3 is 5.63 Å². The number of anilines is 1. The topological polar surface area (TPSA) is 105 Å². The normalized spacial score (nSPS) is 20.7. The molecule has 1 aliphatic carbocycles. The van der Waals surface area contributed by atoms with E-state index in [2.05, 4.69) is 10.0 Å². The summed E-state index contributed by atoms with van der Waals surface area (Å²) < 4.78 is 31.7. The molecule has 2 N–H and O–H groups in total. The van der Waals surface area contributed by atoms with Gasteiger partial charge in [0.25, 0.3) is 0 Å². The van der Waals surface area contributed by atoms with E-state index in [9.17, 15) is 18.0 Å². The third-order valence-electron chi connectivity index (χ3n) is 4.94. The summed E-state index contributed by atoms with van der Waals surface area (Å²) in [5.74, 6) is -0.217. The number of carbonyl (C=O) groups excluding carboxylic acids is 1. The molecular weight excluding hydrogens is 368 g/mol. The van der Waals surface area contributed by atoms with E-state index in [-0.39, 0.29) is 17.9 Å². The molecule has 0 atom stereocenters. The van der Waals surface area contributed by atoms with Crippen LogP contribution in [0.4, 0.5) is 5.69 Å². The summed E-state index contributed by atoms with van der Waals surface area (Å²) >= 11 is 0. The summed E-state index contributed by atoms with van der Waals surface area (Å²) in [5.41, 5.74) is 0.701. The zero-order valence-electron chi connectivity index (χ0n) is 15.4. The maximum atomic E-state index is 12.5. The van der Waals surface area contributed by atoms with Crippen molar-refractivity contribution in [1.29, 1.82) is 0 Å². The third-order valence-corrected chi connectivity index (χ3v) is 6.84. The minimum absolute atomic E-state index is 0.0723. The van der Waals surface area contributed by atoms with E-state index in [4.69, 9.17) is 4.42 Å². The Hall–Kier alpha value is -2.19. The molecule has 7 nitrogen and oxygen atoms in total. The fraction of sp³-hybridized carbons (Fsp3) is 0.474. The van der Waals surface area contributed by atoms with Crippen LogP contribution in [-0.4, -0.2) is 25.6 Å². The van der Waals surface area contributed by atoms with Crippen LogP contribution in [0.15, 0.2) is 39.5 Å². The van der Waals surface area contributed by atoms with Crippen molar-refractivity contribution in [3.05, 3.63) is 40.8 Å². The van der Waals surface area contributed by atoms with Gasteiger partial charge in [-0.2, -0.15) is 0 Å². The highest BCUT2D eigenvalue weighted by Gasteiger charge is 2.29. The summed E-state index contributed by atoms with van der Waals surface area (Å²) in [6.07, 6.45) is 2.57. The van der Waals surface area contributed by atoms with Crippen LogP contribution in [0, 0.1) is 5.92 Å². The Kier molecular flexibility index (Phi) is 5.67. The van der Waals surface area contributed by atoms with E-state index < -0.39 is 20.9 Å². The van der Waals surface area contributed by atoms with Crippen molar-refractivity contribution in [2.24, 2.45) is 5.92 Å². The SMILES string of the molecule is CC(C)S(=O)(=O)N[C@H]1CC[C@H](C(=O)Nc2ccc3oc(=O)ccc3c2)CC1. The first kappa shape index (κ1) is 19.6. The average Bonchev–Trinajstić information content (AvgIpc) is 2.62. The van der Waals surface area contributed by atoms with Gasteiger partial charge in [0.1, 0.15) is 5.58 Å². The molecule has 1 aliphatic rings. The Morgan fingerprint density at radius 1 is 1.11 bits per heavy atom. The van der Waals surface area contributed by atoms with Crippen molar-refractivity contribution in [3.8, 4) is 0 Å². The van der Waals surface area contributed by atoms with E-state index in [1.54, 1.807) is 38.1 Å². The van der Waals surface area contributed by atoms with E-state index in [1.165, 1.54) is 6.07 Å². The third kappa shape index (κ3) is 4.75. The predicted molar refractivity (Wildman–Crippen MR) is 104 cm³/mol. The summed E-state index contributed by atoms with van der Waals surface area (Å²) in [4.78, 5) is 23.8. The molecule has 0 bridgehead atoms. The summed E-state index contributed by atoms with van der Waals surface area (Å²) in [7, 11) is -3.29. The van der Waals surface area contributed by atoms with E-state index in [1.807, 2.05) is 0 Å². The number of fused-ring (bicyclic) bond motifs is 1. The molecule has 1 aromatic carbocycles. The molecule has 0 unspecified atom stereocenters. The zero-order chi connectivity index (χ0) is 19.6. The van der Waals surface area contributed by atoms with Gasteiger partial charge in [-0.05, 0) is 63.8 Å². The minimum atomic E-state index is -3.29. The first-order chi connectivity index (χ1) is 12.7. The van der Waals surface area contributed by atoms with Gasteiger partial charge in [-0.15, -0.1) is 0 Å². The number of hydrogen-bond acceptors (Lipinski definition) is 5. The molecule has 0 saturated heterocycles. The van der Waals surface area contributed by atoms with Crippen LogP contribution < -0.4 is 15.7 Å². The highest BCUT2D eigenvalue weighted by molar-refractivity contribution is 7.90.